The maximum atomic E-state index is 13.4. The van der Waals surface area contributed by atoms with Gasteiger partial charge in [0.1, 0.15) is 0 Å². The number of ketones is 1. The molecule has 1 aromatic rings. The van der Waals surface area contributed by atoms with Crippen LogP contribution in [0.15, 0.2) is 24.3 Å². The molecule has 3 amide bonds. The number of nitrogens with one attached hydrogen (secondary N) is 1. The summed E-state index contributed by atoms with van der Waals surface area (Å²) in [6.45, 7) is 1.77. The number of rotatable bonds is 6. The Kier molecular flexibility index (Phi) is 4.87. The van der Waals surface area contributed by atoms with E-state index >= 15 is 0 Å². The van der Waals surface area contributed by atoms with Gasteiger partial charge in [-0.1, -0.05) is 12.1 Å². The summed E-state index contributed by atoms with van der Waals surface area (Å²) in [5.41, 5.74) is 0.661. The number of nitrogens with zero attached hydrogens (tertiary/aromatic N) is 1. The van der Waals surface area contributed by atoms with E-state index < -0.39 is 18.1 Å². The van der Waals surface area contributed by atoms with Gasteiger partial charge in [-0.25, -0.2) is 9.59 Å². The van der Waals surface area contributed by atoms with Crippen LogP contribution < -0.4 is 5.32 Å². The van der Waals surface area contributed by atoms with Crippen molar-refractivity contribution in [3.05, 3.63) is 35.4 Å². The number of amides is 3. The zero-order chi connectivity index (χ0) is 21.8. The predicted octanol–water partition coefficient (Wildman–Crippen LogP) is 3.07. The van der Waals surface area contributed by atoms with Gasteiger partial charge in [0.25, 0.3) is 0 Å². The molecule has 7 nitrogen and oxygen atoms in total. The molecule has 0 aromatic heterocycles. The summed E-state index contributed by atoms with van der Waals surface area (Å²) in [6, 6.07) is 6.24. The first-order valence-electron chi connectivity index (χ1n) is 11.3. The van der Waals surface area contributed by atoms with Crippen LogP contribution in [0.3, 0.4) is 0 Å². The minimum Gasteiger partial charge on any atom is -0.451 e. The van der Waals surface area contributed by atoms with Crippen molar-refractivity contribution in [3.63, 3.8) is 0 Å². The first-order chi connectivity index (χ1) is 14.8. The lowest BCUT2D eigenvalue weighted by atomic mass is 9.48. The van der Waals surface area contributed by atoms with Crippen LogP contribution in [0.2, 0.25) is 0 Å². The number of esters is 1. The molecule has 1 atom stereocenters. The Morgan fingerprint density at radius 2 is 1.77 bits per heavy atom. The molecule has 4 aliphatic carbocycles. The zero-order valence-corrected chi connectivity index (χ0v) is 17.8. The minimum absolute atomic E-state index is 0.00941. The molecule has 4 bridgehead atoms. The van der Waals surface area contributed by atoms with E-state index in [2.05, 4.69) is 5.32 Å². The van der Waals surface area contributed by atoms with E-state index in [-0.39, 0.29) is 30.2 Å². The molecule has 0 unspecified atom stereocenters. The molecule has 5 aliphatic rings. The van der Waals surface area contributed by atoms with Gasteiger partial charge in [0.2, 0.25) is 5.91 Å². The molecule has 0 spiro atoms. The fourth-order valence-corrected chi connectivity index (χ4v) is 6.72. The number of ether oxygens (including phenoxy) is 1. The normalized spacial score (nSPS) is 32.2. The van der Waals surface area contributed by atoms with Gasteiger partial charge in [0.05, 0.1) is 18.7 Å². The van der Waals surface area contributed by atoms with E-state index in [9.17, 15) is 19.2 Å². The molecule has 1 aliphatic heterocycles. The van der Waals surface area contributed by atoms with Crippen LogP contribution in [0.25, 0.3) is 0 Å². The van der Waals surface area contributed by atoms with E-state index in [0.29, 0.717) is 28.9 Å². The van der Waals surface area contributed by atoms with Crippen molar-refractivity contribution in [3.8, 4) is 0 Å². The summed E-state index contributed by atoms with van der Waals surface area (Å²) in [5, 5.41) is 2.48. The summed E-state index contributed by atoms with van der Waals surface area (Å²) in [5.74, 6) is 1.19. The van der Waals surface area contributed by atoms with Gasteiger partial charge in [-0.05, 0) is 80.9 Å². The van der Waals surface area contributed by atoms with E-state index in [1.165, 1.54) is 19.3 Å². The number of carbonyl (C=O) groups excluding carboxylic acids is 4. The van der Waals surface area contributed by atoms with Crippen LogP contribution in [0.5, 0.6) is 0 Å². The van der Waals surface area contributed by atoms with E-state index in [1.807, 2.05) is 0 Å². The number of hydrogen-bond acceptors (Lipinski definition) is 5. The standard InChI is InChI=1S/C24H28N2O5/c1-14(21(28)24-9-16-5-17(10-24)7-18(6-16)11-24)31-22(29)19-4-2-3-15(8-19)13-26-20(27)12-25-23(26)30/h2-4,8,14,16-18H,5-7,9-13H2,1H3,(H,25,30)/t14-,16?,17?,18?,24?/m1/s1. The maximum Gasteiger partial charge on any atom is 0.338 e. The molecule has 1 heterocycles. The molecule has 1 aromatic carbocycles. The Hall–Kier alpha value is -2.70. The molecule has 31 heavy (non-hydrogen) atoms. The van der Waals surface area contributed by atoms with Gasteiger partial charge in [0.15, 0.2) is 11.9 Å². The Balaban J connectivity index is 1.25. The highest BCUT2D eigenvalue weighted by atomic mass is 16.5. The summed E-state index contributed by atoms with van der Waals surface area (Å²) in [4.78, 5) is 50.8. The number of carbonyl (C=O) groups is 4. The van der Waals surface area contributed by atoms with Crippen molar-refractivity contribution < 1.29 is 23.9 Å². The summed E-state index contributed by atoms with van der Waals surface area (Å²) >= 11 is 0. The molecule has 6 rings (SSSR count). The van der Waals surface area contributed by atoms with E-state index in [1.54, 1.807) is 31.2 Å². The second kappa shape index (κ2) is 7.46. The fourth-order valence-electron chi connectivity index (χ4n) is 6.72. The lowest BCUT2D eigenvalue weighted by Gasteiger charge is -2.56. The van der Waals surface area contributed by atoms with Crippen LogP contribution in [0.4, 0.5) is 4.79 Å². The Labute approximate surface area is 181 Å². The average Bonchev–Trinajstić information content (AvgIpc) is 3.04. The minimum atomic E-state index is -0.779. The van der Waals surface area contributed by atoms with Crippen LogP contribution in [-0.2, 0) is 20.9 Å². The topological polar surface area (TPSA) is 92.8 Å². The van der Waals surface area contributed by atoms with Gasteiger partial charge in [-0.15, -0.1) is 0 Å². The molecule has 1 N–H and O–H groups in total. The third-order valence-corrected chi connectivity index (χ3v) is 7.65. The maximum absolute atomic E-state index is 13.4. The summed E-state index contributed by atoms with van der Waals surface area (Å²) in [6.07, 6.45) is 5.82. The van der Waals surface area contributed by atoms with Gasteiger partial charge in [-0.2, -0.15) is 0 Å². The molecule has 1 saturated heterocycles. The van der Waals surface area contributed by atoms with Crippen molar-refractivity contribution in [2.24, 2.45) is 23.2 Å². The number of urea groups is 1. The largest absolute Gasteiger partial charge is 0.451 e. The summed E-state index contributed by atoms with van der Waals surface area (Å²) < 4.78 is 5.61. The van der Waals surface area contributed by atoms with Gasteiger partial charge >= 0.3 is 12.0 Å². The van der Waals surface area contributed by atoms with Crippen LogP contribution in [0, 0.1) is 23.2 Å². The zero-order valence-electron chi connectivity index (χ0n) is 17.8. The quantitative estimate of drug-likeness (QED) is 0.560. The third kappa shape index (κ3) is 3.64. The molecular weight excluding hydrogens is 396 g/mol. The van der Waals surface area contributed by atoms with Crippen molar-refractivity contribution in [1.82, 2.24) is 10.2 Å². The number of benzene rings is 1. The Bertz CT molecular complexity index is 904. The third-order valence-electron chi connectivity index (χ3n) is 7.65. The molecule has 0 radical (unpaired) electrons. The monoisotopic (exact) mass is 424 g/mol. The van der Waals surface area contributed by atoms with Gasteiger partial charge in [0, 0.05) is 5.41 Å². The van der Waals surface area contributed by atoms with Crippen LogP contribution >= 0.6 is 0 Å². The molecule has 4 saturated carbocycles. The molecule has 164 valence electrons. The second-order valence-corrected chi connectivity index (χ2v) is 9.95. The van der Waals surface area contributed by atoms with Crippen molar-refractivity contribution >= 4 is 23.7 Å². The highest BCUT2D eigenvalue weighted by Gasteiger charge is 2.55. The first kappa shape index (κ1) is 20.2. The number of hydrogen-bond donors (Lipinski definition) is 1. The van der Waals surface area contributed by atoms with E-state index in [4.69, 9.17) is 4.74 Å². The second-order valence-electron chi connectivity index (χ2n) is 9.95. The predicted molar refractivity (Wildman–Crippen MR) is 111 cm³/mol. The Morgan fingerprint density at radius 3 is 2.35 bits per heavy atom. The van der Waals surface area contributed by atoms with E-state index in [0.717, 1.165) is 24.2 Å². The van der Waals surface area contributed by atoms with Crippen LogP contribution in [-0.4, -0.2) is 41.2 Å². The SMILES string of the molecule is C[C@@H](OC(=O)c1cccc(CN2C(=O)CNC2=O)c1)C(=O)C12CC3CC(CC(C3)C1)C2. The van der Waals surface area contributed by atoms with Crippen LogP contribution in [0.1, 0.15) is 61.4 Å². The lowest BCUT2D eigenvalue weighted by Crippen LogP contribution is -2.52. The molecule has 7 heteroatoms. The van der Waals surface area contributed by atoms with Crippen molar-refractivity contribution in [1.29, 1.82) is 0 Å². The first-order valence-corrected chi connectivity index (χ1v) is 11.3. The lowest BCUT2D eigenvalue weighted by molar-refractivity contribution is -0.152. The van der Waals surface area contributed by atoms with Gasteiger partial charge < -0.3 is 10.1 Å². The number of Topliss-reactive ketones (excluding diaryl/α,β-unsaturated/α-hetero) is 1. The smallest absolute Gasteiger partial charge is 0.338 e. The summed E-state index contributed by atoms with van der Waals surface area (Å²) in [7, 11) is 0. The highest BCUT2D eigenvalue weighted by Crippen LogP contribution is 2.60. The van der Waals surface area contributed by atoms with Crippen molar-refractivity contribution in [2.45, 2.75) is 58.1 Å². The number of imide groups is 1. The Morgan fingerprint density at radius 1 is 1.13 bits per heavy atom. The molecule has 5 fully saturated rings. The highest BCUT2D eigenvalue weighted by molar-refractivity contribution is 6.02. The average molecular weight is 424 g/mol. The fraction of sp³-hybridized carbons (Fsp3) is 0.583. The molecular formula is C24H28N2O5. The van der Waals surface area contributed by atoms with Crippen molar-refractivity contribution in [2.75, 3.05) is 6.54 Å². The van der Waals surface area contributed by atoms with Gasteiger partial charge in [-0.3, -0.25) is 14.5 Å².